The van der Waals surface area contributed by atoms with Gasteiger partial charge in [-0.25, -0.2) is 8.42 Å². The van der Waals surface area contributed by atoms with Crippen LogP contribution in [-0.2, 0) is 14.8 Å². The molecule has 3 N–H and O–H groups in total. The second-order valence-corrected chi connectivity index (χ2v) is 9.16. The van der Waals surface area contributed by atoms with Gasteiger partial charge in [0.15, 0.2) is 0 Å². The van der Waals surface area contributed by atoms with Crippen LogP contribution in [0.15, 0.2) is 0 Å². The quantitative estimate of drug-likeness (QED) is 0.741. The molecule has 1 fully saturated rings. The maximum absolute atomic E-state index is 12.2. The third-order valence-electron chi connectivity index (χ3n) is 4.58. The zero-order chi connectivity index (χ0) is 17.3. The lowest BCUT2D eigenvalue weighted by Gasteiger charge is -2.18. The lowest BCUT2D eigenvalue weighted by atomic mass is 9.99. The minimum atomic E-state index is -3.58. The summed E-state index contributed by atoms with van der Waals surface area (Å²) in [6.07, 6.45) is 10.3. The average Bonchev–Trinajstić information content (AvgIpc) is 2.57. The number of hydrogen-bond acceptors (Lipinski definition) is 4. The first-order valence-corrected chi connectivity index (χ1v) is 10.8. The molecule has 136 valence electrons. The van der Waals surface area contributed by atoms with Crippen LogP contribution in [0, 0.1) is 11.8 Å². The zero-order valence-corrected chi connectivity index (χ0v) is 15.5. The van der Waals surface area contributed by atoms with Crippen LogP contribution in [0.3, 0.4) is 0 Å². The van der Waals surface area contributed by atoms with Gasteiger partial charge in [-0.2, -0.15) is 0 Å². The Bertz CT molecular complexity index is 439. The van der Waals surface area contributed by atoms with Crippen LogP contribution in [0.1, 0.15) is 78.1 Å². The number of hydrogen-bond donors (Lipinski definition) is 2. The average molecular weight is 347 g/mol. The molecule has 0 radical (unpaired) electrons. The molecule has 0 saturated heterocycles. The highest BCUT2D eigenvalue weighted by atomic mass is 32.2. The van der Waals surface area contributed by atoms with Crippen molar-refractivity contribution < 1.29 is 13.2 Å². The lowest BCUT2D eigenvalue weighted by Crippen LogP contribution is -2.45. The fourth-order valence-electron chi connectivity index (χ4n) is 3.11. The highest BCUT2D eigenvalue weighted by molar-refractivity contribution is 7.90. The third-order valence-corrected chi connectivity index (χ3v) is 6.00. The molecular weight excluding hydrogens is 312 g/mol. The van der Waals surface area contributed by atoms with E-state index in [2.05, 4.69) is 18.6 Å². The molecule has 0 aromatic carbocycles. The first kappa shape index (κ1) is 20.4. The molecule has 1 aliphatic carbocycles. The van der Waals surface area contributed by atoms with E-state index in [1.54, 1.807) is 0 Å². The maximum Gasteiger partial charge on any atom is 0.250 e. The Labute approximate surface area is 141 Å². The summed E-state index contributed by atoms with van der Waals surface area (Å²) in [6.45, 7) is 4.11. The van der Waals surface area contributed by atoms with E-state index in [-0.39, 0.29) is 11.7 Å². The van der Waals surface area contributed by atoms with Crippen molar-refractivity contribution >= 4 is 15.9 Å². The predicted molar refractivity (Wildman–Crippen MR) is 94.4 cm³/mol. The summed E-state index contributed by atoms with van der Waals surface area (Å²) in [6, 6.07) is -0.743. The van der Waals surface area contributed by atoms with Gasteiger partial charge < -0.3 is 5.73 Å². The standard InChI is InChI=1S/C17H34N2O3S/c1-14(2)11-12-16(18)17(20)19-23(21,22)13-15-9-7-5-3-4-6-8-10-15/h14-16H,3-13,18H2,1-2H3,(H,19,20)/t16-/m0/s1. The summed E-state index contributed by atoms with van der Waals surface area (Å²) < 4.78 is 26.7. The fraction of sp³-hybridized carbons (Fsp3) is 0.941. The topological polar surface area (TPSA) is 89.3 Å². The SMILES string of the molecule is CC(C)CC[C@H](N)C(=O)NS(=O)(=O)CC1CCCCCCCC1. The molecule has 5 nitrogen and oxygen atoms in total. The number of nitrogens with one attached hydrogen (secondary N) is 1. The molecule has 23 heavy (non-hydrogen) atoms. The van der Waals surface area contributed by atoms with E-state index >= 15 is 0 Å². The largest absolute Gasteiger partial charge is 0.320 e. The Morgan fingerprint density at radius 3 is 2.09 bits per heavy atom. The van der Waals surface area contributed by atoms with Gasteiger partial charge in [-0.3, -0.25) is 9.52 Å². The van der Waals surface area contributed by atoms with Gasteiger partial charge in [0.05, 0.1) is 11.8 Å². The Hall–Kier alpha value is -0.620. The molecule has 0 spiro atoms. The van der Waals surface area contributed by atoms with Crippen molar-refractivity contribution in [1.82, 2.24) is 4.72 Å². The monoisotopic (exact) mass is 346 g/mol. The van der Waals surface area contributed by atoms with Crippen molar-refractivity contribution in [2.45, 2.75) is 84.1 Å². The van der Waals surface area contributed by atoms with Gasteiger partial charge in [0, 0.05) is 0 Å². The second kappa shape index (κ2) is 10.3. The van der Waals surface area contributed by atoms with Crippen LogP contribution in [-0.4, -0.2) is 26.1 Å². The molecule has 0 bridgehead atoms. The van der Waals surface area contributed by atoms with Gasteiger partial charge in [-0.15, -0.1) is 0 Å². The highest BCUT2D eigenvalue weighted by Crippen LogP contribution is 2.23. The van der Waals surface area contributed by atoms with Crippen LogP contribution >= 0.6 is 0 Å². The van der Waals surface area contributed by atoms with Crippen molar-refractivity contribution in [3.8, 4) is 0 Å². The van der Waals surface area contributed by atoms with Gasteiger partial charge in [0.1, 0.15) is 0 Å². The molecule has 1 saturated carbocycles. The van der Waals surface area contributed by atoms with E-state index in [1.807, 2.05) is 0 Å². The Kier molecular flexibility index (Phi) is 9.14. The minimum absolute atomic E-state index is 0.0512. The molecule has 0 aliphatic heterocycles. The van der Waals surface area contributed by atoms with E-state index in [9.17, 15) is 13.2 Å². The van der Waals surface area contributed by atoms with Crippen molar-refractivity contribution in [3.05, 3.63) is 0 Å². The zero-order valence-electron chi connectivity index (χ0n) is 14.7. The molecule has 1 atom stereocenters. The van der Waals surface area contributed by atoms with Crippen molar-refractivity contribution in [2.24, 2.45) is 17.6 Å². The molecule has 0 unspecified atom stereocenters. The molecule has 1 amide bonds. The maximum atomic E-state index is 12.2. The van der Waals surface area contributed by atoms with E-state index in [0.29, 0.717) is 12.3 Å². The highest BCUT2D eigenvalue weighted by Gasteiger charge is 2.24. The van der Waals surface area contributed by atoms with Crippen LogP contribution in [0.4, 0.5) is 0 Å². The molecule has 0 heterocycles. The van der Waals surface area contributed by atoms with Crippen LogP contribution in [0.2, 0.25) is 0 Å². The number of carbonyl (C=O) groups is 1. The van der Waals surface area contributed by atoms with Crippen LogP contribution in [0.5, 0.6) is 0 Å². The third kappa shape index (κ3) is 9.30. The van der Waals surface area contributed by atoms with Gasteiger partial charge in [0.25, 0.3) is 0 Å². The summed E-state index contributed by atoms with van der Waals surface area (Å²) in [4.78, 5) is 12.0. The number of rotatable bonds is 7. The van der Waals surface area contributed by atoms with Gasteiger partial charge in [-0.1, -0.05) is 52.4 Å². The number of amides is 1. The molecule has 0 aromatic heterocycles. The molecule has 6 heteroatoms. The van der Waals surface area contributed by atoms with E-state index in [1.165, 1.54) is 25.7 Å². The lowest BCUT2D eigenvalue weighted by molar-refractivity contribution is -0.120. The molecule has 1 aliphatic rings. The second-order valence-electron chi connectivity index (χ2n) is 7.39. The summed E-state index contributed by atoms with van der Waals surface area (Å²) in [7, 11) is -3.58. The first-order valence-electron chi connectivity index (χ1n) is 9.10. The normalized spacial score (nSPS) is 19.7. The smallest absolute Gasteiger partial charge is 0.250 e. The van der Waals surface area contributed by atoms with Gasteiger partial charge >= 0.3 is 0 Å². The van der Waals surface area contributed by atoms with Crippen molar-refractivity contribution in [3.63, 3.8) is 0 Å². The Balaban J connectivity index is 2.48. The van der Waals surface area contributed by atoms with Crippen LogP contribution in [0.25, 0.3) is 0 Å². The summed E-state index contributed by atoms with van der Waals surface area (Å²) >= 11 is 0. The van der Waals surface area contributed by atoms with E-state index < -0.39 is 22.0 Å². The molecular formula is C17H34N2O3S. The predicted octanol–water partition coefficient (Wildman–Crippen LogP) is 2.95. The fourth-order valence-corrected chi connectivity index (χ4v) is 4.60. The summed E-state index contributed by atoms with van der Waals surface area (Å²) in [5.41, 5.74) is 5.80. The number of nitrogens with two attached hydrogens (primary N) is 1. The van der Waals surface area contributed by atoms with Crippen molar-refractivity contribution in [2.75, 3.05) is 5.75 Å². The molecule has 1 rings (SSSR count). The summed E-state index contributed by atoms with van der Waals surface area (Å²) in [5, 5.41) is 0. The Morgan fingerprint density at radius 1 is 1.04 bits per heavy atom. The minimum Gasteiger partial charge on any atom is -0.320 e. The van der Waals surface area contributed by atoms with Gasteiger partial charge in [0.2, 0.25) is 15.9 Å². The van der Waals surface area contributed by atoms with Gasteiger partial charge in [-0.05, 0) is 37.5 Å². The van der Waals surface area contributed by atoms with Crippen LogP contribution < -0.4 is 10.5 Å². The van der Waals surface area contributed by atoms with Crippen molar-refractivity contribution in [1.29, 1.82) is 0 Å². The first-order chi connectivity index (χ1) is 10.8. The molecule has 0 aromatic rings. The Morgan fingerprint density at radius 2 is 1.57 bits per heavy atom. The van der Waals surface area contributed by atoms with E-state index in [0.717, 1.165) is 32.1 Å². The van der Waals surface area contributed by atoms with E-state index in [4.69, 9.17) is 5.73 Å². The number of carbonyl (C=O) groups excluding carboxylic acids is 1. The summed E-state index contributed by atoms with van der Waals surface area (Å²) in [5.74, 6) is 0.0960. The number of sulfonamides is 1.